The number of amides is 2. The van der Waals surface area contributed by atoms with Gasteiger partial charge in [0.05, 0.1) is 11.7 Å². The lowest BCUT2D eigenvalue weighted by Crippen LogP contribution is -2.20. The normalized spacial score (nSPS) is 19.9. The molecule has 2 saturated carbocycles. The van der Waals surface area contributed by atoms with Gasteiger partial charge in [-0.2, -0.15) is 5.10 Å². The van der Waals surface area contributed by atoms with Crippen molar-refractivity contribution in [2.24, 2.45) is 17.6 Å². The van der Waals surface area contributed by atoms with Gasteiger partial charge in [0.25, 0.3) is 11.8 Å². The second kappa shape index (κ2) is 9.89. The van der Waals surface area contributed by atoms with E-state index in [4.69, 9.17) is 10.2 Å². The SMILES string of the molecule is CCC1CCC(n2cc(NC(=O)c3coc(-c4ccnc(NCC5CC5)c4)n3)c(C(N)=O)n2)CC1. The molecule has 2 fully saturated rings. The summed E-state index contributed by atoms with van der Waals surface area (Å²) in [6.07, 6.45) is 12.6. The van der Waals surface area contributed by atoms with Crippen molar-refractivity contribution in [3.8, 4) is 11.5 Å². The van der Waals surface area contributed by atoms with Gasteiger partial charge in [0, 0.05) is 24.5 Å². The topological polar surface area (TPSA) is 141 Å². The molecule has 10 heteroatoms. The third-order valence-electron chi connectivity index (χ3n) is 6.99. The third kappa shape index (κ3) is 5.36. The summed E-state index contributed by atoms with van der Waals surface area (Å²) in [5, 5.41) is 10.4. The first-order chi connectivity index (χ1) is 17.0. The summed E-state index contributed by atoms with van der Waals surface area (Å²) in [6, 6.07) is 3.81. The van der Waals surface area contributed by atoms with Crippen LogP contribution in [0.4, 0.5) is 11.5 Å². The fourth-order valence-corrected chi connectivity index (χ4v) is 4.60. The Morgan fingerprint density at radius 1 is 1.17 bits per heavy atom. The molecule has 0 aliphatic heterocycles. The first kappa shape index (κ1) is 23.1. The zero-order valence-corrected chi connectivity index (χ0v) is 19.9. The van der Waals surface area contributed by atoms with Gasteiger partial charge in [0.1, 0.15) is 12.1 Å². The zero-order valence-electron chi connectivity index (χ0n) is 19.9. The third-order valence-corrected chi connectivity index (χ3v) is 6.99. The maximum atomic E-state index is 12.9. The number of nitrogens with one attached hydrogen (secondary N) is 2. The maximum Gasteiger partial charge on any atom is 0.277 e. The van der Waals surface area contributed by atoms with E-state index < -0.39 is 11.8 Å². The fraction of sp³-hybridized carbons (Fsp3) is 0.480. The highest BCUT2D eigenvalue weighted by molar-refractivity contribution is 6.07. The molecule has 0 bridgehead atoms. The highest BCUT2D eigenvalue weighted by Crippen LogP contribution is 2.34. The van der Waals surface area contributed by atoms with Crippen LogP contribution in [0.2, 0.25) is 0 Å². The van der Waals surface area contributed by atoms with Crippen LogP contribution >= 0.6 is 0 Å². The largest absolute Gasteiger partial charge is 0.444 e. The van der Waals surface area contributed by atoms with E-state index in [0.717, 1.165) is 49.9 Å². The van der Waals surface area contributed by atoms with E-state index in [2.05, 4.69) is 32.6 Å². The predicted molar refractivity (Wildman–Crippen MR) is 131 cm³/mol. The number of pyridine rings is 1. The molecule has 3 heterocycles. The van der Waals surface area contributed by atoms with Crippen molar-refractivity contribution in [1.82, 2.24) is 19.7 Å². The number of carbonyl (C=O) groups excluding carboxylic acids is 2. The van der Waals surface area contributed by atoms with E-state index in [-0.39, 0.29) is 23.1 Å². The van der Waals surface area contributed by atoms with Crippen molar-refractivity contribution in [2.75, 3.05) is 17.2 Å². The van der Waals surface area contributed by atoms with E-state index in [1.807, 2.05) is 6.07 Å². The smallest absolute Gasteiger partial charge is 0.277 e. The Bertz CT molecular complexity index is 1210. The van der Waals surface area contributed by atoms with Gasteiger partial charge in [-0.25, -0.2) is 9.97 Å². The lowest BCUT2D eigenvalue weighted by molar-refractivity contribution is 0.0994. The van der Waals surface area contributed by atoms with Crippen LogP contribution in [-0.4, -0.2) is 38.1 Å². The Morgan fingerprint density at radius 3 is 2.66 bits per heavy atom. The molecule has 4 N–H and O–H groups in total. The summed E-state index contributed by atoms with van der Waals surface area (Å²) in [7, 11) is 0. The van der Waals surface area contributed by atoms with E-state index in [1.54, 1.807) is 23.1 Å². The molecule has 0 saturated heterocycles. The van der Waals surface area contributed by atoms with Crippen LogP contribution in [0.15, 0.2) is 35.2 Å². The first-order valence-electron chi connectivity index (χ1n) is 12.4. The first-order valence-corrected chi connectivity index (χ1v) is 12.4. The molecule has 35 heavy (non-hydrogen) atoms. The molecule has 5 rings (SSSR count). The Balaban J connectivity index is 1.28. The number of rotatable bonds is 9. The van der Waals surface area contributed by atoms with Crippen molar-refractivity contribution >= 4 is 23.3 Å². The van der Waals surface area contributed by atoms with Crippen LogP contribution < -0.4 is 16.4 Å². The van der Waals surface area contributed by atoms with Crippen molar-refractivity contribution in [2.45, 2.75) is 57.9 Å². The number of nitrogens with zero attached hydrogens (tertiary/aromatic N) is 4. The number of carbonyl (C=O) groups is 2. The van der Waals surface area contributed by atoms with Gasteiger partial charge in [0.15, 0.2) is 11.4 Å². The maximum absolute atomic E-state index is 12.9. The Labute approximate surface area is 203 Å². The number of hydrogen-bond acceptors (Lipinski definition) is 7. The van der Waals surface area contributed by atoms with E-state index >= 15 is 0 Å². The lowest BCUT2D eigenvalue weighted by Gasteiger charge is -2.27. The van der Waals surface area contributed by atoms with Crippen LogP contribution in [0.5, 0.6) is 0 Å². The molecule has 2 aliphatic carbocycles. The van der Waals surface area contributed by atoms with Crippen molar-refractivity contribution < 1.29 is 14.0 Å². The number of aromatic nitrogens is 4. The Morgan fingerprint density at radius 2 is 1.94 bits per heavy atom. The van der Waals surface area contributed by atoms with Crippen molar-refractivity contribution in [1.29, 1.82) is 0 Å². The molecule has 0 unspecified atom stereocenters. The average molecular weight is 478 g/mol. The monoisotopic (exact) mass is 477 g/mol. The molecule has 3 aromatic heterocycles. The predicted octanol–water partition coefficient (Wildman–Crippen LogP) is 4.25. The zero-order chi connectivity index (χ0) is 24.4. The molecule has 3 aromatic rings. The second-order valence-corrected chi connectivity index (χ2v) is 9.56. The van der Waals surface area contributed by atoms with E-state index in [0.29, 0.717) is 11.5 Å². The number of primary amides is 1. The standard InChI is InChI=1S/C25H31N7O3/c1-2-15-5-7-18(8-6-15)32-13-19(22(31-32)23(26)33)29-24(34)20-14-35-25(30-20)17-9-10-27-21(11-17)28-12-16-3-4-16/h9-11,13-16,18H,2-8,12H2,1H3,(H2,26,33)(H,27,28)(H,29,34). The summed E-state index contributed by atoms with van der Waals surface area (Å²) in [5.41, 5.74) is 6.67. The highest BCUT2D eigenvalue weighted by Gasteiger charge is 2.26. The molecule has 0 atom stereocenters. The molecular weight excluding hydrogens is 446 g/mol. The van der Waals surface area contributed by atoms with Gasteiger partial charge in [-0.3, -0.25) is 14.3 Å². The minimum Gasteiger partial charge on any atom is -0.444 e. The van der Waals surface area contributed by atoms with E-state index in [9.17, 15) is 9.59 Å². The van der Waals surface area contributed by atoms with Crippen LogP contribution in [0.3, 0.4) is 0 Å². The van der Waals surface area contributed by atoms with Crippen LogP contribution in [0.25, 0.3) is 11.5 Å². The summed E-state index contributed by atoms with van der Waals surface area (Å²) in [6.45, 7) is 3.11. The minimum atomic E-state index is -0.690. The van der Waals surface area contributed by atoms with Gasteiger partial charge in [0.2, 0.25) is 5.89 Å². The van der Waals surface area contributed by atoms with Gasteiger partial charge < -0.3 is 20.8 Å². The molecule has 184 valence electrons. The molecule has 0 aromatic carbocycles. The summed E-state index contributed by atoms with van der Waals surface area (Å²) >= 11 is 0. The number of oxazole rings is 1. The van der Waals surface area contributed by atoms with Gasteiger partial charge >= 0.3 is 0 Å². The fourth-order valence-electron chi connectivity index (χ4n) is 4.60. The molecule has 0 radical (unpaired) electrons. The van der Waals surface area contributed by atoms with Crippen LogP contribution in [0.1, 0.15) is 78.9 Å². The average Bonchev–Trinajstić information content (AvgIpc) is 3.39. The number of anilines is 2. The van der Waals surface area contributed by atoms with Gasteiger partial charge in [-0.1, -0.05) is 13.3 Å². The van der Waals surface area contributed by atoms with Gasteiger partial charge in [-0.05, 0) is 62.5 Å². The quantitative estimate of drug-likeness (QED) is 0.418. The molecule has 0 spiro atoms. The molecule has 2 amide bonds. The summed E-state index contributed by atoms with van der Waals surface area (Å²) in [4.78, 5) is 33.6. The molecular formula is C25H31N7O3. The Kier molecular flexibility index (Phi) is 6.52. The second-order valence-electron chi connectivity index (χ2n) is 9.56. The Hall–Kier alpha value is -3.69. The van der Waals surface area contributed by atoms with E-state index in [1.165, 1.54) is 25.5 Å². The van der Waals surface area contributed by atoms with Crippen LogP contribution in [-0.2, 0) is 0 Å². The molecule has 2 aliphatic rings. The summed E-state index contributed by atoms with van der Waals surface area (Å²) < 4.78 is 7.33. The van der Waals surface area contributed by atoms with Crippen molar-refractivity contribution in [3.63, 3.8) is 0 Å². The lowest BCUT2D eigenvalue weighted by atomic mass is 9.85. The van der Waals surface area contributed by atoms with Crippen molar-refractivity contribution in [3.05, 3.63) is 42.2 Å². The summed E-state index contributed by atoms with van der Waals surface area (Å²) in [5.74, 6) is 1.32. The van der Waals surface area contributed by atoms with Crippen LogP contribution in [0, 0.1) is 11.8 Å². The molecule has 10 nitrogen and oxygen atoms in total. The van der Waals surface area contributed by atoms with Gasteiger partial charge in [-0.15, -0.1) is 0 Å². The number of hydrogen-bond donors (Lipinski definition) is 3. The highest BCUT2D eigenvalue weighted by atomic mass is 16.3. The minimum absolute atomic E-state index is 0.0418. The number of nitrogens with two attached hydrogens (primary N) is 1.